The summed E-state index contributed by atoms with van der Waals surface area (Å²) in [7, 11) is 0. The van der Waals surface area contributed by atoms with Crippen molar-refractivity contribution in [2.45, 2.75) is 45.6 Å². The molecule has 0 unspecified atom stereocenters. The number of nitrogens with one attached hydrogen (secondary N) is 1. The summed E-state index contributed by atoms with van der Waals surface area (Å²) in [6, 6.07) is 0. The number of carbonyl (C=O) groups excluding carboxylic acids is 1. The molecule has 0 aromatic carbocycles. The van der Waals surface area contributed by atoms with Gasteiger partial charge in [-0.05, 0) is 19.4 Å². The molecule has 9 nitrogen and oxygen atoms in total. The second-order valence-corrected chi connectivity index (χ2v) is 9.32. The highest BCUT2D eigenvalue weighted by atomic mass is 32.1. The zero-order chi connectivity index (χ0) is 20.8. The molecule has 4 rings (SSSR count). The minimum absolute atomic E-state index is 0.133. The number of aromatic nitrogens is 3. The molecule has 1 aliphatic rings. The first-order valence-corrected chi connectivity index (χ1v) is 10.7. The Labute approximate surface area is 173 Å². The van der Waals surface area contributed by atoms with Gasteiger partial charge in [0.25, 0.3) is 5.56 Å². The minimum Gasteiger partial charge on any atom is -0.395 e. The van der Waals surface area contributed by atoms with Crippen LogP contribution < -0.4 is 16.6 Å². The third-order valence-electron chi connectivity index (χ3n) is 4.74. The van der Waals surface area contributed by atoms with Crippen LogP contribution in [0.3, 0.4) is 0 Å². The van der Waals surface area contributed by atoms with E-state index in [9.17, 15) is 19.5 Å². The Balaban J connectivity index is 1.86. The fourth-order valence-corrected chi connectivity index (χ4v) is 5.19. The van der Waals surface area contributed by atoms with Gasteiger partial charge in [0.1, 0.15) is 11.4 Å². The predicted octanol–water partition coefficient (Wildman–Crippen LogP) is 1.16. The fraction of sp³-hybridized carbons (Fsp3) is 0.444. The summed E-state index contributed by atoms with van der Waals surface area (Å²) in [6.45, 7) is 3.50. The first-order chi connectivity index (χ1) is 13.8. The van der Waals surface area contributed by atoms with Crippen molar-refractivity contribution >= 4 is 43.9 Å². The van der Waals surface area contributed by atoms with Crippen LogP contribution >= 0.6 is 22.7 Å². The summed E-state index contributed by atoms with van der Waals surface area (Å²) in [6.07, 6.45) is 2.10. The average Bonchev–Trinajstić information content (AvgIpc) is 3.29. The number of thiazole rings is 1. The van der Waals surface area contributed by atoms with Crippen molar-refractivity contribution in [1.82, 2.24) is 14.1 Å². The van der Waals surface area contributed by atoms with Gasteiger partial charge >= 0.3 is 5.69 Å². The Morgan fingerprint density at radius 2 is 2.17 bits per heavy atom. The van der Waals surface area contributed by atoms with E-state index < -0.39 is 22.8 Å². The second kappa shape index (κ2) is 7.48. The molecule has 0 radical (unpaired) electrons. The van der Waals surface area contributed by atoms with Gasteiger partial charge in [0.15, 0.2) is 5.13 Å². The van der Waals surface area contributed by atoms with E-state index in [1.54, 1.807) is 11.6 Å². The molecule has 0 fully saturated rings. The number of ether oxygens (including phenoxy) is 1. The molecule has 3 aromatic heterocycles. The standard InChI is InChI=1S/C18H20N4O5S2/c1-18(2)7-10-11(9-27-18)29-15-13(10)14(25)21(4-5-23)17(26)22(15)8-12(24)20-16-19-3-6-28-16/h3,6,23H,4-5,7-9H2,1-2H3,(H,19,20,24). The lowest BCUT2D eigenvalue weighted by Gasteiger charge is -2.29. The van der Waals surface area contributed by atoms with Crippen LogP contribution in [0.15, 0.2) is 21.2 Å². The minimum atomic E-state index is -0.621. The van der Waals surface area contributed by atoms with Crippen LogP contribution in [0.1, 0.15) is 24.3 Å². The highest BCUT2D eigenvalue weighted by molar-refractivity contribution is 7.18. The van der Waals surface area contributed by atoms with Crippen molar-refractivity contribution in [3.05, 3.63) is 42.9 Å². The van der Waals surface area contributed by atoms with Crippen LogP contribution in [0, 0.1) is 0 Å². The van der Waals surface area contributed by atoms with E-state index in [2.05, 4.69) is 10.3 Å². The summed E-state index contributed by atoms with van der Waals surface area (Å²) in [4.78, 5) is 43.9. The smallest absolute Gasteiger partial charge is 0.332 e. The summed E-state index contributed by atoms with van der Waals surface area (Å²) in [5.74, 6) is -0.416. The molecule has 2 N–H and O–H groups in total. The van der Waals surface area contributed by atoms with Crippen molar-refractivity contribution in [2.24, 2.45) is 0 Å². The van der Waals surface area contributed by atoms with E-state index in [1.165, 1.54) is 27.2 Å². The number of thiophene rings is 1. The number of amides is 1. The molecule has 0 atom stereocenters. The van der Waals surface area contributed by atoms with Crippen LogP contribution in [-0.2, 0) is 35.6 Å². The molecule has 1 amide bonds. The maximum atomic E-state index is 13.1. The molecule has 3 aromatic rings. The average molecular weight is 437 g/mol. The molecule has 1 aliphatic heterocycles. The quantitative estimate of drug-likeness (QED) is 0.620. The third-order valence-corrected chi connectivity index (χ3v) is 6.66. The van der Waals surface area contributed by atoms with Crippen molar-refractivity contribution in [1.29, 1.82) is 0 Å². The molecular weight excluding hydrogens is 416 g/mol. The number of hydrogen-bond donors (Lipinski definition) is 2. The number of anilines is 1. The summed E-state index contributed by atoms with van der Waals surface area (Å²) in [5, 5.41) is 14.6. The molecule has 0 spiro atoms. The molecule has 0 saturated heterocycles. The molecule has 11 heteroatoms. The normalized spacial score (nSPS) is 15.4. The van der Waals surface area contributed by atoms with Gasteiger partial charge in [0.05, 0.1) is 30.7 Å². The van der Waals surface area contributed by atoms with Crippen LogP contribution in [0.25, 0.3) is 10.2 Å². The Morgan fingerprint density at radius 3 is 2.86 bits per heavy atom. The Bertz CT molecular complexity index is 1190. The van der Waals surface area contributed by atoms with Gasteiger partial charge in [-0.2, -0.15) is 0 Å². The van der Waals surface area contributed by atoms with Crippen LogP contribution in [0.4, 0.5) is 5.13 Å². The Hall–Kier alpha value is -2.34. The van der Waals surface area contributed by atoms with Crippen LogP contribution in [0.5, 0.6) is 0 Å². The fourth-order valence-electron chi connectivity index (χ4n) is 3.43. The Kier molecular flexibility index (Phi) is 5.15. The van der Waals surface area contributed by atoms with E-state index in [4.69, 9.17) is 4.74 Å². The maximum Gasteiger partial charge on any atom is 0.332 e. The number of hydrogen-bond acceptors (Lipinski definition) is 8. The molecular formula is C18H20N4O5S2. The molecule has 0 saturated carbocycles. The molecule has 29 heavy (non-hydrogen) atoms. The first-order valence-electron chi connectivity index (χ1n) is 9.03. The molecule has 0 aliphatic carbocycles. The van der Waals surface area contributed by atoms with Crippen molar-refractivity contribution in [2.75, 3.05) is 11.9 Å². The van der Waals surface area contributed by atoms with E-state index in [0.717, 1.165) is 15.0 Å². The monoisotopic (exact) mass is 436 g/mol. The van der Waals surface area contributed by atoms with Gasteiger partial charge in [-0.3, -0.25) is 18.7 Å². The summed E-state index contributed by atoms with van der Waals surface area (Å²) in [5.41, 5.74) is -0.638. The topological polar surface area (TPSA) is 115 Å². The zero-order valence-electron chi connectivity index (χ0n) is 15.9. The number of rotatable bonds is 5. The summed E-state index contributed by atoms with van der Waals surface area (Å²) >= 11 is 2.57. The Morgan fingerprint density at radius 1 is 1.38 bits per heavy atom. The van der Waals surface area contributed by atoms with Gasteiger partial charge in [0.2, 0.25) is 5.91 Å². The number of aliphatic hydroxyl groups excluding tert-OH is 1. The van der Waals surface area contributed by atoms with Crippen LogP contribution in [-0.4, -0.2) is 37.3 Å². The van der Waals surface area contributed by atoms with E-state index in [1.807, 2.05) is 13.8 Å². The number of carbonyl (C=O) groups is 1. The first kappa shape index (κ1) is 20.0. The lowest BCUT2D eigenvalue weighted by molar-refractivity contribution is -0.116. The van der Waals surface area contributed by atoms with Gasteiger partial charge < -0.3 is 15.2 Å². The van der Waals surface area contributed by atoms with Gasteiger partial charge in [-0.1, -0.05) is 0 Å². The zero-order valence-corrected chi connectivity index (χ0v) is 17.6. The maximum absolute atomic E-state index is 13.1. The molecule has 154 valence electrons. The molecule has 0 bridgehead atoms. The highest BCUT2D eigenvalue weighted by Gasteiger charge is 2.32. The van der Waals surface area contributed by atoms with Gasteiger partial charge in [-0.25, -0.2) is 9.78 Å². The largest absolute Gasteiger partial charge is 0.395 e. The number of nitrogens with zero attached hydrogens (tertiary/aromatic N) is 3. The lowest BCUT2D eigenvalue weighted by atomic mass is 9.94. The SMILES string of the molecule is CC1(C)Cc2c(sc3c2c(=O)n(CCO)c(=O)n3CC(=O)Nc2nccs2)CO1. The van der Waals surface area contributed by atoms with E-state index >= 15 is 0 Å². The van der Waals surface area contributed by atoms with Crippen molar-refractivity contribution in [3.8, 4) is 0 Å². The van der Waals surface area contributed by atoms with Crippen molar-refractivity contribution in [3.63, 3.8) is 0 Å². The van der Waals surface area contributed by atoms with Crippen molar-refractivity contribution < 1.29 is 14.6 Å². The number of aliphatic hydroxyl groups is 1. The van der Waals surface area contributed by atoms with Gasteiger partial charge in [-0.15, -0.1) is 22.7 Å². The highest BCUT2D eigenvalue weighted by Crippen LogP contribution is 2.37. The second-order valence-electron chi connectivity index (χ2n) is 7.34. The third kappa shape index (κ3) is 3.66. The van der Waals surface area contributed by atoms with Crippen LogP contribution in [0.2, 0.25) is 0 Å². The van der Waals surface area contributed by atoms with Gasteiger partial charge in [0, 0.05) is 22.9 Å². The van der Waals surface area contributed by atoms with E-state index in [0.29, 0.717) is 28.4 Å². The van der Waals surface area contributed by atoms with E-state index in [-0.39, 0.29) is 19.7 Å². The number of fused-ring (bicyclic) bond motifs is 3. The molecule has 4 heterocycles. The summed E-state index contributed by atoms with van der Waals surface area (Å²) < 4.78 is 8.14. The predicted molar refractivity (Wildman–Crippen MR) is 111 cm³/mol. The lowest BCUT2D eigenvalue weighted by Crippen LogP contribution is -2.42.